The van der Waals surface area contributed by atoms with Gasteiger partial charge in [0.2, 0.25) is 0 Å². The van der Waals surface area contributed by atoms with Crippen LogP contribution in [0.25, 0.3) is 0 Å². The van der Waals surface area contributed by atoms with Crippen LogP contribution in [0.2, 0.25) is 0 Å². The molecule has 0 aromatic rings. The lowest BCUT2D eigenvalue weighted by Crippen LogP contribution is -1.95. The molecule has 0 spiro atoms. The predicted molar refractivity (Wildman–Crippen MR) is 114 cm³/mol. The number of allylic oxidation sites excluding steroid dienone is 12. The normalized spacial score (nSPS) is 22.7. The van der Waals surface area contributed by atoms with Crippen molar-refractivity contribution in [2.24, 2.45) is 20.0 Å². The van der Waals surface area contributed by atoms with Gasteiger partial charge in [-0.1, -0.05) is 0 Å². The average molecular weight is 466 g/mol. The van der Waals surface area contributed by atoms with Gasteiger partial charge in [-0.3, -0.25) is 0 Å². The molecule has 0 unspecified atom stereocenters. The maximum absolute atomic E-state index is 4.70. The summed E-state index contributed by atoms with van der Waals surface area (Å²) >= 11 is 7.27. The van der Waals surface area contributed by atoms with Gasteiger partial charge in [0.1, 0.15) is 0 Å². The second-order valence-corrected chi connectivity index (χ2v) is 7.52. The third-order valence-electron chi connectivity index (χ3n) is 4.14. The summed E-state index contributed by atoms with van der Waals surface area (Å²) in [6, 6.07) is 0. The molecule has 5 rings (SSSR count). The van der Waals surface area contributed by atoms with Gasteiger partial charge >= 0.3 is 0 Å². The van der Waals surface area contributed by atoms with E-state index < -0.39 is 0 Å². The third kappa shape index (κ3) is 2.75. The number of hydrogen-bond acceptors (Lipinski definition) is 4. The summed E-state index contributed by atoms with van der Waals surface area (Å²) in [5.41, 5.74) is 6.83. The first-order valence-corrected chi connectivity index (χ1v) is 9.55. The molecule has 26 heavy (non-hydrogen) atoms. The van der Waals surface area contributed by atoms with Crippen molar-refractivity contribution in [1.82, 2.24) is 0 Å². The lowest BCUT2D eigenvalue weighted by molar-refractivity contribution is 1.41. The first-order valence-electron chi connectivity index (χ1n) is 7.96. The van der Waals surface area contributed by atoms with Crippen molar-refractivity contribution in [3.8, 4) is 0 Å². The van der Waals surface area contributed by atoms with Gasteiger partial charge in [0.25, 0.3) is 0 Å². The van der Waals surface area contributed by atoms with Crippen LogP contribution in [-0.4, -0.2) is 22.8 Å². The minimum absolute atomic E-state index is 0.834. The van der Waals surface area contributed by atoms with Crippen molar-refractivity contribution in [1.29, 1.82) is 0 Å². The Morgan fingerprint density at radius 1 is 0.500 bits per heavy atom. The molecule has 0 amide bonds. The number of halogens is 2. The van der Waals surface area contributed by atoms with Crippen LogP contribution in [0.3, 0.4) is 0 Å². The van der Waals surface area contributed by atoms with Gasteiger partial charge in [-0.15, -0.1) is 0 Å². The Morgan fingerprint density at radius 2 is 1.04 bits per heavy atom. The monoisotopic (exact) mass is 464 g/mol. The first kappa shape index (κ1) is 15.8. The summed E-state index contributed by atoms with van der Waals surface area (Å²) in [5, 5.41) is 0. The van der Waals surface area contributed by atoms with Gasteiger partial charge in [-0.2, -0.15) is 0 Å². The zero-order chi connectivity index (χ0) is 17.7. The van der Waals surface area contributed by atoms with Gasteiger partial charge in [-0.25, -0.2) is 20.0 Å². The number of fused-ring (bicyclic) bond motifs is 4. The molecule has 0 fully saturated rings. The standard InChI is InChI=1S/C20H10Br2N4/c21-19-15-5-3-13(24-15)9-11-1-2-12(23-11)10-14-4-6-16(25-14)20(22)18-8-7-17(19)26-18/h1-10H. The molecule has 4 nitrogen and oxygen atoms in total. The summed E-state index contributed by atoms with van der Waals surface area (Å²) in [6.45, 7) is 0. The fraction of sp³-hybridized carbons (Fsp3) is 0. The molecule has 0 radical (unpaired) electrons. The van der Waals surface area contributed by atoms with Crippen LogP contribution in [0.1, 0.15) is 0 Å². The van der Waals surface area contributed by atoms with E-state index in [0.717, 1.165) is 54.6 Å². The van der Waals surface area contributed by atoms with Crippen LogP contribution in [0.4, 0.5) is 0 Å². The molecule has 0 atom stereocenters. The van der Waals surface area contributed by atoms with E-state index in [2.05, 4.69) is 46.8 Å². The summed E-state index contributed by atoms with van der Waals surface area (Å²) in [5.74, 6) is 0. The number of hydrogen-bond donors (Lipinski definition) is 0. The van der Waals surface area contributed by atoms with Crippen molar-refractivity contribution >= 4 is 54.7 Å². The molecule has 0 N–H and O–H groups in total. The first-order chi connectivity index (χ1) is 12.7. The molecule has 5 aliphatic rings. The van der Waals surface area contributed by atoms with Crippen LogP contribution in [0.5, 0.6) is 0 Å². The molecule has 8 bridgehead atoms. The Morgan fingerprint density at radius 3 is 1.88 bits per heavy atom. The Bertz CT molecular complexity index is 1130. The molecule has 0 aromatic heterocycles. The molecule has 6 heteroatoms. The van der Waals surface area contributed by atoms with Gasteiger partial charge in [0.15, 0.2) is 0 Å². The second-order valence-electron chi connectivity index (χ2n) is 5.94. The Balaban J connectivity index is 1.71. The smallest absolute Gasteiger partial charge is 0.0802 e. The van der Waals surface area contributed by atoms with E-state index in [-0.39, 0.29) is 0 Å². The lowest BCUT2D eigenvalue weighted by atomic mass is 10.2. The SMILES string of the molecule is BrC1=C2C=CC(=N2)C=C2C=CC(=N2)C=C2C=CC(=N2)C(Br)=C2C=CC1=N2. The second kappa shape index (κ2) is 6.07. The number of aliphatic imine (C=N–C) groups is 4. The van der Waals surface area contributed by atoms with E-state index in [1.807, 2.05) is 60.8 Å². The van der Waals surface area contributed by atoms with Crippen LogP contribution in [0.15, 0.2) is 112 Å². The maximum atomic E-state index is 4.70. The fourth-order valence-electron chi connectivity index (χ4n) is 2.89. The van der Waals surface area contributed by atoms with Gasteiger partial charge in [0.05, 0.1) is 54.6 Å². The minimum atomic E-state index is 0.834. The van der Waals surface area contributed by atoms with E-state index in [4.69, 9.17) is 4.99 Å². The van der Waals surface area contributed by atoms with E-state index in [9.17, 15) is 0 Å². The van der Waals surface area contributed by atoms with E-state index in [1.54, 1.807) is 0 Å². The average Bonchev–Trinajstić information content (AvgIpc) is 3.41. The highest BCUT2D eigenvalue weighted by Gasteiger charge is 2.18. The highest BCUT2D eigenvalue weighted by molar-refractivity contribution is 9.12. The van der Waals surface area contributed by atoms with Crippen LogP contribution < -0.4 is 0 Å². The van der Waals surface area contributed by atoms with Crippen molar-refractivity contribution in [2.45, 2.75) is 0 Å². The summed E-state index contributed by atoms with van der Waals surface area (Å²) < 4.78 is 1.72. The van der Waals surface area contributed by atoms with E-state index in [1.165, 1.54) is 0 Å². The molecular formula is C20H10Br2N4. The van der Waals surface area contributed by atoms with Crippen molar-refractivity contribution in [2.75, 3.05) is 0 Å². The van der Waals surface area contributed by atoms with Crippen molar-refractivity contribution in [3.05, 3.63) is 92.5 Å². The fourth-order valence-corrected chi connectivity index (χ4v) is 3.77. The Kier molecular flexibility index (Phi) is 3.69. The van der Waals surface area contributed by atoms with Crippen LogP contribution >= 0.6 is 31.9 Å². The Labute approximate surface area is 166 Å². The van der Waals surface area contributed by atoms with E-state index >= 15 is 0 Å². The zero-order valence-electron chi connectivity index (χ0n) is 13.3. The van der Waals surface area contributed by atoms with Crippen molar-refractivity contribution in [3.63, 3.8) is 0 Å². The molecule has 0 saturated heterocycles. The molecule has 0 aromatic carbocycles. The number of nitrogens with zero attached hydrogens (tertiary/aromatic N) is 4. The quantitative estimate of drug-likeness (QED) is 0.482. The zero-order valence-corrected chi connectivity index (χ0v) is 16.5. The Hall–Kier alpha value is -2.44. The minimum Gasteiger partial charge on any atom is -0.249 e. The number of rotatable bonds is 0. The molecule has 5 heterocycles. The summed E-state index contributed by atoms with van der Waals surface area (Å²) in [6.07, 6.45) is 19.7. The van der Waals surface area contributed by atoms with Gasteiger partial charge in [0, 0.05) is 0 Å². The van der Waals surface area contributed by atoms with E-state index in [0.29, 0.717) is 0 Å². The van der Waals surface area contributed by atoms with Crippen LogP contribution in [-0.2, 0) is 0 Å². The third-order valence-corrected chi connectivity index (χ3v) is 5.76. The van der Waals surface area contributed by atoms with Gasteiger partial charge < -0.3 is 0 Å². The summed E-state index contributed by atoms with van der Waals surface area (Å²) in [7, 11) is 0. The molecule has 124 valence electrons. The van der Waals surface area contributed by atoms with Gasteiger partial charge in [-0.05, 0) is 92.6 Å². The lowest BCUT2D eigenvalue weighted by Gasteiger charge is -2.00. The molecular weight excluding hydrogens is 456 g/mol. The predicted octanol–water partition coefficient (Wildman–Crippen LogP) is 5.02. The highest BCUT2D eigenvalue weighted by atomic mass is 79.9. The molecule has 0 saturated carbocycles. The topological polar surface area (TPSA) is 49.4 Å². The maximum Gasteiger partial charge on any atom is 0.0802 e. The van der Waals surface area contributed by atoms with Crippen molar-refractivity contribution < 1.29 is 0 Å². The largest absolute Gasteiger partial charge is 0.249 e. The highest BCUT2D eigenvalue weighted by Crippen LogP contribution is 2.30. The molecule has 5 aliphatic heterocycles. The summed E-state index contributed by atoms with van der Waals surface area (Å²) in [4.78, 5) is 18.6. The van der Waals surface area contributed by atoms with Crippen LogP contribution in [0, 0.1) is 0 Å². The molecule has 0 aliphatic carbocycles.